The number of hydrogen-bond donors (Lipinski definition) is 4. The molecule has 1 aromatic carbocycles. The lowest BCUT2D eigenvalue weighted by Crippen LogP contribution is -2.78. The Labute approximate surface area is 122 Å². The number of carbonyl (C=O) groups excluding carboxylic acids is 1. The van der Waals surface area contributed by atoms with E-state index in [1.807, 2.05) is 0 Å². The SMILES string of the molecule is COc1cc(C(=O)OCCC[NH+]=C(N)N)cc(OC)c1O. The molecule has 0 radical (unpaired) electrons. The highest BCUT2D eigenvalue weighted by Crippen LogP contribution is 2.37. The van der Waals surface area contributed by atoms with E-state index in [0.29, 0.717) is 13.0 Å². The van der Waals surface area contributed by atoms with Gasteiger partial charge in [0, 0.05) is 6.42 Å². The van der Waals surface area contributed by atoms with Crippen LogP contribution >= 0.6 is 0 Å². The lowest BCUT2D eigenvalue weighted by molar-refractivity contribution is -0.460. The minimum atomic E-state index is -0.545. The van der Waals surface area contributed by atoms with Gasteiger partial charge in [0.2, 0.25) is 5.75 Å². The van der Waals surface area contributed by atoms with E-state index in [2.05, 4.69) is 4.99 Å². The van der Waals surface area contributed by atoms with E-state index in [1.54, 1.807) is 0 Å². The molecule has 0 fully saturated rings. The van der Waals surface area contributed by atoms with Crippen molar-refractivity contribution in [2.45, 2.75) is 6.42 Å². The van der Waals surface area contributed by atoms with Gasteiger partial charge >= 0.3 is 11.9 Å². The van der Waals surface area contributed by atoms with Gasteiger partial charge in [-0.15, -0.1) is 0 Å². The minimum absolute atomic E-state index is 0.120. The van der Waals surface area contributed by atoms with Crippen molar-refractivity contribution < 1.29 is 29.1 Å². The summed E-state index contributed by atoms with van der Waals surface area (Å²) in [5.41, 5.74) is 10.7. The number of methoxy groups -OCH3 is 2. The molecule has 0 unspecified atom stereocenters. The molecule has 6 N–H and O–H groups in total. The van der Waals surface area contributed by atoms with Crippen molar-refractivity contribution in [2.24, 2.45) is 11.5 Å². The number of hydrogen-bond acceptors (Lipinski definition) is 5. The quantitative estimate of drug-likeness (QED) is 0.204. The van der Waals surface area contributed by atoms with Gasteiger partial charge in [-0.25, -0.2) is 4.79 Å². The van der Waals surface area contributed by atoms with Crippen LogP contribution in [0.5, 0.6) is 17.2 Å². The number of rotatable bonds is 7. The van der Waals surface area contributed by atoms with E-state index in [-0.39, 0.29) is 35.4 Å². The van der Waals surface area contributed by atoms with E-state index >= 15 is 0 Å². The Hall–Kier alpha value is -2.64. The molecule has 116 valence electrons. The van der Waals surface area contributed by atoms with Crippen LogP contribution in [0.15, 0.2) is 12.1 Å². The van der Waals surface area contributed by atoms with Crippen LogP contribution in [0, 0.1) is 0 Å². The highest BCUT2D eigenvalue weighted by molar-refractivity contribution is 5.91. The van der Waals surface area contributed by atoms with Crippen molar-refractivity contribution >= 4 is 11.9 Å². The molecule has 1 aromatic rings. The Morgan fingerprint density at radius 3 is 2.29 bits per heavy atom. The van der Waals surface area contributed by atoms with Crippen LogP contribution in [0.4, 0.5) is 0 Å². The number of aromatic hydroxyl groups is 1. The second kappa shape index (κ2) is 7.83. The summed E-state index contributed by atoms with van der Waals surface area (Å²) < 4.78 is 15.0. The molecule has 1 rings (SSSR count). The van der Waals surface area contributed by atoms with Crippen molar-refractivity contribution in [3.63, 3.8) is 0 Å². The molecule has 0 aliphatic rings. The van der Waals surface area contributed by atoms with E-state index in [9.17, 15) is 9.90 Å². The van der Waals surface area contributed by atoms with Crippen molar-refractivity contribution in [2.75, 3.05) is 27.4 Å². The van der Waals surface area contributed by atoms with Crippen LogP contribution in [0.1, 0.15) is 16.8 Å². The zero-order chi connectivity index (χ0) is 15.8. The number of benzene rings is 1. The summed E-state index contributed by atoms with van der Waals surface area (Å²) in [7, 11) is 2.76. The molecule has 0 bridgehead atoms. The monoisotopic (exact) mass is 298 g/mol. The maximum absolute atomic E-state index is 11.9. The molecule has 0 spiro atoms. The van der Waals surface area contributed by atoms with E-state index in [0.717, 1.165) is 0 Å². The molecule has 0 aromatic heterocycles. The molecule has 0 amide bonds. The molecule has 0 saturated carbocycles. The zero-order valence-electron chi connectivity index (χ0n) is 12.0. The Balaban J connectivity index is 2.68. The molecule has 8 heteroatoms. The zero-order valence-corrected chi connectivity index (χ0v) is 12.0. The van der Waals surface area contributed by atoms with Crippen LogP contribution in [0.3, 0.4) is 0 Å². The van der Waals surface area contributed by atoms with Gasteiger partial charge < -0.3 is 19.3 Å². The molecule has 0 saturated heterocycles. The number of phenols is 1. The van der Waals surface area contributed by atoms with Crippen molar-refractivity contribution in [1.82, 2.24) is 0 Å². The first-order valence-corrected chi connectivity index (χ1v) is 6.23. The fourth-order valence-electron chi connectivity index (χ4n) is 1.56. The third-order valence-electron chi connectivity index (χ3n) is 2.60. The lowest BCUT2D eigenvalue weighted by Gasteiger charge is -2.10. The number of carbonyl (C=O) groups is 1. The topological polar surface area (TPSA) is 131 Å². The molecule has 21 heavy (non-hydrogen) atoms. The van der Waals surface area contributed by atoms with Gasteiger partial charge in [0.15, 0.2) is 11.5 Å². The average Bonchev–Trinajstić information content (AvgIpc) is 2.46. The molecular weight excluding hydrogens is 278 g/mol. The Morgan fingerprint density at radius 2 is 1.81 bits per heavy atom. The summed E-state index contributed by atoms with van der Waals surface area (Å²) in [6.07, 6.45) is 0.552. The molecular formula is C13H20N3O5+. The standard InChI is InChI=1S/C13H19N3O5/c1-19-9-6-8(7-10(20-2)11(9)17)12(18)21-5-3-4-16-13(14)15/h6-7,17H,3-5H2,1-2H3,(H4,14,15,16)/p+1. The van der Waals surface area contributed by atoms with Crippen LogP contribution in [-0.4, -0.2) is 44.4 Å². The van der Waals surface area contributed by atoms with Crippen molar-refractivity contribution in [1.29, 1.82) is 0 Å². The summed E-state index contributed by atoms with van der Waals surface area (Å²) in [6.45, 7) is 0.697. The minimum Gasteiger partial charge on any atom is -0.502 e. The van der Waals surface area contributed by atoms with E-state index in [1.165, 1.54) is 26.4 Å². The smallest absolute Gasteiger partial charge is 0.338 e. The highest BCUT2D eigenvalue weighted by atomic mass is 16.5. The van der Waals surface area contributed by atoms with Gasteiger partial charge in [-0.1, -0.05) is 0 Å². The second-order valence-corrected chi connectivity index (χ2v) is 4.10. The largest absolute Gasteiger partial charge is 0.502 e. The van der Waals surface area contributed by atoms with Gasteiger partial charge in [-0.05, 0) is 12.1 Å². The first kappa shape index (κ1) is 16.4. The summed E-state index contributed by atoms with van der Waals surface area (Å²) in [4.78, 5) is 14.6. The number of ether oxygens (including phenoxy) is 3. The number of guanidine groups is 1. The van der Waals surface area contributed by atoms with Gasteiger partial charge in [-0.2, -0.15) is 0 Å². The first-order chi connectivity index (χ1) is 9.99. The summed E-state index contributed by atoms with van der Waals surface area (Å²) >= 11 is 0. The molecule has 0 atom stereocenters. The maximum Gasteiger partial charge on any atom is 0.338 e. The highest BCUT2D eigenvalue weighted by Gasteiger charge is 2.16. The molecule has 8 nitrogen and oxygen atoms in total. The average molecular weight is 298 g/mol. The number of esters is 1. The Kier molecular flexibility index (Phi) is 6.12. The van der Waals surface area contributed by atoms with Crippen molar-refractivity contribution in [3.05, 3.63) is 17.7 Å². The van der Waals surface area contributed by atoms with Gasteiger partial charge in [0.1, 0.15) is 0 Å². The third kappa shape index (κ3) is 4.75. The van der Waals surface area contributed by atoms with Crippen LogP contribution < -0.4 is 25.9 Å². The fraction of sp³-hybridized carbons (Fsp3) is 0.385. The molecule has 0 heterocycles. The summed E-state index contributed by atoms with van der Waals surface area (Å²) in [5, 5.41) is 9.76. The number of phenolic OH excluding ortho intramolecular Hbond substituents is 1. The normalized spacial score (nSPS) is 9.81. The predicted molar refractivity (Wildman–Crippen MR) is 75.3 cm³/mol. The Bertz CT molecular complexity index is 502. The number of nitrogens with two attached hydrogens (primary N) is 2. The van der Waals surface area contributed by atoms with Crippen LogP contribution in [0.2, 0.25) is 0 Å². The van der Waals surface area contributed by atoms with Crippen molar-refractivity contribution in [3.8, 4) is 17.2 Å². The number of nitrogens with one attached hydrogen (secondary N) is 1. The molecule has 0 aliphatic heterocycles. The van der Waals surface area contributed by atoms with E-state index < -0.39 is 5.97 Å². The summed E-state index contributed by atoms with van der Waals surface area (Å²) in [5.74, 6) is -0.331. The third-order valence-corrected chi connectivity index (χ3v) is 2.60. The maximum atomic E-state index is 11.9. The Morgan fingerprint density at radius 1 is 1.24 bits per heavy atom. The fourth-order valence-corrected chi connectivity index (χ4v) is 1.56. The molecule has 0 aliphatic carbocycles. The van der Waals surface area contributed by atoms with Gasteiger partial charge in [0.05, 0.1) is 32.9 Å². The lowest BCUT2D eigenvalue weighted by atomic mass is 10.2. The second-order valence-electron chi connectivity index (χ2n) is 4.10. The predicted octanol–water partition coefficient (Wildman–Crippen LogP) is -1.69. The van der Waals surface area contributed by atoms with Crippen LogP contribution in [-0.2, 0) is 4.74 Å². The summed E-state index contributed by atoms with van der Waals surface area (Å²) in [6, 6.07) is 2.76. The van der Waals surface area contributed by atoms with Crippen LogP contribution in [0.25, 0.3) is 0 Å². The van der Waals surface area contributed by atoms with E-state index in [4.69, 9.17) is 25.7 Å². The first-order valence-electron chi connectivity index (χ1n) is 6.23. The van der Waals surface area contributed by atoms with Gasteiger partial charge in [-0.3, -0.25) is 16.5 Å². The van der Waals surface area contributed by atoms with Gasteiger partial charge in [0.25, 0.3) is 0 Å².